The zero-order chi connectivity index (χ0) is 22.1. The molecular weight excluding hydrogens is 397 g/mol. The van der Waals surface area contributed by atoms with Crippen molar-refractivity contribution in [3.05, 3.63) is 76.7 Å². The summed E-state index contributed by atoms with van der Waals surface area (Å²) in [6.07, 6.45) is 2.34. The number of hydrogen-bond acceptors (Lipinski definition) is 4. The van der Waals surface area contributed by atoms with Gasteiger partial charge in [-0.15, -0.1) is 0 Å². The average Bonchev–Trinajstić information content (AvgIpc) is 2.78. The highest BCUT2D eigenvalue weighted by atomic mass is 19.1. The zero-order valence-corrected chi connectivity index (χ0v) is 17.7. The van der Waals surface area contributed by atoms with E-state index in [0.29, 0.717) is 17.7 Å². The highest BCUT2D eigenvalue weighted by Gasteiger charge is 2.15. The van der Waals surface area contributed by atoms with Crippen LogP contribution in [0.25, 0.3) is 6.08 Å². The molecule has 2 amide bonds. The van der Waals surface area contributed by atoms with Gasteiger partial charge >= 0.3 is 0 Å². The number of halogens is 1. The van der Waals surface area contributed by atoms with E-state index in [2.05, 4.69) is 15.5 Å². The van der Waals surface area contributed by atoms with Crippen LogP contribution in [0.2, 0.25) is 0 Å². The molecule has 1 fully saturated rings. The van der Waals surface area contributed by atoms with E-state index >= 15 is 0 Å². The van der Waals surface area contributed by atoms with Crippen LogP contribution in [0.4, 0.5) is 4.39 Å². The van der Waals surface area contributed by atoms with E-state index in [1.165, 1.54) is 12.1 Å². The second-order valence-electron chi connectivity index (χ2n) is 7.49. The van der Waals surface area contributed by atoms with Crippen LogP contribution >= 0.6 is 0 Å². The molecule has 2 aromatic rings. The third-order valence-corrected chi connectivity index (χ3v) is 5.03. The molecule has 0 bridgehead atoms. The molecule has 0 unspecified atom stereocenters. The molecule has 2 N–H and O–H groups in total. The van der Waals surface area contributed by atoms with Gasteiger partial charge in [-0.25, -0.2) is 4.39 Å². The van der Waals surface area contributed by atoms with Crippen LogP contribution < -0.4 is 10.6 Å². The first-order valence-corrected chi connectivity index (χ1v) is 10.4. The lowest BCUT2D eigenvalue weighted by Crippen LogP contribution is -2.39. The van der Waals surface area contributed by atoms with E-state index in [-0.39, 0.29) is 23.3 Å². The molecule has 7 heteroatoms. The number of carbonyl (C=O) groups is 2. The Labute approximate surface area is 182 Å². The summed E-state index contributed by atoms with van der Waals surface area (Å²) in [6, 6.07) is 12.8. The minimum Gasteiger partial charge on any atom is -0.379 e. The SMILES string of the molecule is Cc1ccc(C(=O)N/C(=C\c2ccc(F)cc2)C(=O)NCCCN2CCOCC2)cc1. The van der Waals surface area contributed by atoms with Gasteiger partial charge in [0.15, 0.2) is 0 Å². The lowest BCUT2D eigenvalue weighted by atomic mass is 10.1. The molecule has 0 radical (unpaired) electrons. The number of ether oxygens (including phenoxy) is 1. The normalized spacial score (nSPS) is 14.8. The molecule has 1 aliphatic rings. The van der Waals surface area contributed by atoms with Crippen molar-refractivity contribution in [2.75, 3.05) is 39.4 Å². The fourth-order valence-corrected chi connectivity index (χ4v) is 3.21. The summed E-state index contributed by atoms with van der Waals surface area (Å²) in [6.45, 7) is 6.57. The van der Waals surface area contributed by atoms with Crippen LogP contribution in [0.1, 0.15) is 27.9 Å². The quantitative estimate of drug-likeness (QED) is 0.504. The number of nitrogens with zero attached hydrogens (tertiary/aromatic N) is 1. The van der Waals surface area contributed by atoms with E-state index in [0.717, 1.165) is 44.8 Å². The largest absolute Gasteiger partial charge is 0.379 e. The second-order valence-corrected chi connectivity index (χ2v) is 7.49. The van der Waals surface area contributed by atoms with Gasteiger partial charge in [-0.3, -0.25) is 14.5 Å². The number of amides is 2. The Balaban J connectivity index is 1.64. The van der Waals surface area contributed by atoms with Gasteiger partial charge in [0.2, 0.25) is 0 Å². The van der Waals surface area contributed by atoms with Crippen LogP contribution in [0.15, 0.2) is 54.2 Å². The summed E-state index contributed by atoms with van der Waals surface area (Å²) in [4.78, 5) is 27.7. The molecule has 1 saturated heterocycles. The summed E-state index contributed by atoms with van der Waals surface area (Å²) in [7, 11) is 0. The van der Waals surface area contributed by atoms with E-state index < -0.39 is 0 Å². The fourth-order valence-electron chi connectivity index (χ4n) is 3.21. The first-order chi connectivity index (χ1) is 15.0. The van der Waals surface area contributed by atoms with Crippen LogP contribution in [-0.2, 0) is 9.53 Å². The maximum absolute atomic E-state index is 13.2. The molecule has 0 aliphatic carbocycles. The Hall–Kier alpha value is -3.03. The van der Waals surface area contributed by atoms with Crippen molar-refractivity contribution >= 4 is 17.9 Å². The van der Waals surface area contributed by atoms with Crippen molar-refractivity contribution in [2.24, 2.45) is 0 Å². The molecule has 0 aromatic heterocycles. The minimum absolute atomic E-state index is 0.114. The van der Waals surface area contributed by atoms with Crippen molar-refractivity contribution in [3.63, 3.8) is 0 Å². The van der Waals surface area contributed by atoms with Gasteiger partial charge in [-0.1, -0.05) is 29.8 Å². The van der Waals surface area contributed by atoms with E-state index in [4.69, 9.17) is 4.74 Å². The van der Waals surface area contributed by atoms with Gasteiger partial charge in [0, 0.05) is 25.2 Å². The second kappa shape index (κ2) is 11.4. The number of nitrogens with one attached hydrogen (secondary N) is 2. The smallest absolute Gasteiger partial charge is 0.267 e. The molecule has 0 spiro atoms. The Morgan fingerprint density at radius 1 is 1.06 bits per heavy atom. The van der Waals surface area contributed by atoms with Crippen molar-refractivity contribution in [1.82, 2.24) is 15.5 Å². The Bertz CT molecular complexity index is 905. The molecule has 164 valence electrons. The van der Waals surface area contributed by atoms with Gasteiger partial charge < -0.3 is 15.4 Å². The number of rotatable bonds is 8. The number of carbonyl (C=O) groups excluding carboxylic acids is 2. The summed E-state index contributed by atoms with van der Waals surface area (Å²) >= 11 is 0. The van der Waals surface area contributed by atoms with E-state index in [9.17, 15) is 14.0 Å². The molecule has 2 aromatic carbocycles. The van der Waals surface area contributed by atoms with Crippen LogP contribution in [0.5, 0.6) is 0 Å². The van der Waals surface area contributed by atoms with Crippen LogP contribution in [0.3, 0.4) is 0 Å². The number of aryl methyl sites for hydroxylation is 1. The number of benzene rings is 2. The van der Waals surface area contributed by atoms with Gasteiger partial charge in [0.25, 0.3) is 11.8 Å². The Morgan fingerprint density at radius 3 is 2.42 bits per heavy atom. The van der Waals surface area contributed by atoms with Gasteiger partial charge in [-0.05, 0) is 55.8 Å². The van der Waals surface area contributed by atoms with E-state index in [1.54, 1.807) is 30.3 Å². The molecule has 3 rings (SSSR count). The standard InChI is InChI=1S/C24H28FN3O3/c1-18-3-7-20(8-4-18)23(29)27-22(17-19-5-9-21(25)10-6-19)24(30)26-11-2-12-28-13-15-31-16-14-28/h3-10,17H,2,11-16H2,1H3,(H,26,30)(H,27,29)/b22-17-. The lowest BCUT2D eigenvalue weighted by molar-refractivity contribution is -0.117. The Morgan fingerprint density at radius 2 is 1.74 bits per heavy atom. The topological polar surface area (TPSA) is 70.7 Å². The summed E-state index contributed by atoms with van der Waals surface area (Å²) < 4.78 is 18.6. The Kier molecular flexibility index (Phi) is 8.32. The monoisotopic (exact) mass is 425 g/mol. The van der Waals surface area contributed by atoms with E-state index in [1.807, 2.05) is 19.1 Å². The summed E-state index contributed by atoms with van der Waals surface area (Å²) in [5.74, 6) is -1.13. The van der Waals surface area contributed by atoms with Crippen LogP contribution in [0, 0.1) is 12.7 Å². The summed E-state index contributed by atoms with van der Waals surface area (Å²) in [5.41, 5.74) is 2.22. The average molecular weight is 426 g/mol. The fraction of sp³-hybridized carbons (Fsp3) is 0.333. The predicted octanol–water partition coefficient (Wildman–Crippen LogP) is 2.74. The first kappa shape index (κ1) is 22.7. The third-order valence-electron chi connectivity index (χ3n) is 5.03. The van der Waals surface area contributed by atoms with Gasteiger partial charge in [0.05, 0.1) is 13.2 Å². The first-order valence-electron chi connectivity index (χ1n) is 10.4. The van der Waals surface area contributed by atoms with Crippen molar-refractivity contribution in [2.45, 2.75) is 13.3 Å². The maximum Gasteiger partial charge on any atom is 0.267 e. The van der Waals surface area contributed by atoms with Crippen LogP contribution in [-0.4, -0.2) is 56.1 Å². The molecule has 1 aliphatic heterocycles. The summed E-state index contributed by atoms with van der Waals surface area (Å²) in [5, 5.41) is 5.56. The maximum atomic E-state index is 13.2. The predicted molar refractivity (Wildman–Crippen MR) is 118 cm³/mol. The number of morpholine rings is 1. The highest BCUT2D eigenvalue weighted by molar-refractivity contribution is 6.05. The molecule has 0 atom stereocenters. The van der Waals surface area contributed by atoms with Gasteiger partial charge in [-0.2, -0.15) is 0 Å². The van der Waals surface area contributed by atoms with Gasteiger partial charge in [0.1, 0.15) is 11.5 Å². The van der Waals surface area contributed by atoms with Crippen molar-refractivity contribution < 1.29 is 18.7 Å². The molecule has 31 heavy (non-hydrogen) atoms. The number of hydrogen-bond donors (Lipinski definition) is 2. The minimum atomic E-state index is -0.383. The third kappa shape index (κ3) is 7.31. The molecule has 1 heterocycles. The van der Waals surface area contributed by atoms with Crippen molar-refractivity contribution in [3.8, 4) is 0 Å². The highest BCUT2D eigenvalue weighted by Crippen LogP contribution is 2.09. The molecule has 6 nitrogen and oxygen atoms in total. The molecular formula is C24H28FN3O3. The zero-order valence-electron chi connectivity index (χ0n) is 17.7. The lowest BCUT2D eigenvalue weighted by Gasteiger charge is -2.26. The molecule has 0 saturated carbocycles. The van der Waals surface area contributed by atoms with Crippen molar-refractivity contribution in [1.29, 1.82) is 0 Å².